The van der Waals surface area contributed by atoms with Crippen molar-refractivity contribution in [3.63, 3.8) is 0 Å². The fourth-order valence-corrected chi connectivity index (χ4v) is 6.04. The van der Waals surface area contributed by atoms with Crippen LogP contribution in [-0.4, -0.2) is 76.8 Å². The van der Waals surface area contributed by atoms with Crippen molar-refractivity contribution in [2.75, 3.05) is 44.7 Å². The van der Waals surface area contributed by atoms with Gasteiger partial charge in [0.1, 0.15) is 5.82 Å². The molecule has 2 saturated heterocycles. The first-order chi connectivity index (χ1) is 20.0. The van der Waals surface area contributed by atoms with Crippen molar-refractivity contribution in [3.05, 3.63) is 78.1 Å². The van der Waals surface area contributed by atoms with Crippen LogP contribution in [0.1, 0.15) is 41.1 Å². The minimum atomic E-state index is -0.652. The summed E-state index contributed by atoms with van der Waals surface area (Å²) in [6.07, 6.45) is 5.90. The van der Waals surface area contributed by atoms with Crippen molar-refractivity contribution in [1.29, 1.82) is 0 Å². The number of likely N-dealkylation sites (tertiary alicyclic amines) is 1. The molecule has 2 aliphatic rings. The summed E-state index contributed by atoms with van der Waals surface area (Å²) in [5.41, 5.74) is 9.36. The van der Waals surface area contributed by atoms with Crippen molar-refractivity contribution in [1.82, 2.24) is 19.9 Å². The Balaban J connectivity index is 1.19. The van der Waals surface area contributed by atoms with Crippen molar-refractivity contribution in [2.24, 2.45) is 11.7 Å². The third kappa shape index (κ3) is 5.87. The Morgan fingerprint density at radius 1 is 1.05 bits per heavy atom. The molecule has 0 aliphatic carbocycles. The number of rotatable bonds is 7. The third-order valence-corrected chi connectivity index (χ3v) is 8.43. The highest BCUT2D eigenvalue weighted by Crippen LogP contribution is 2.34. The Kier molecular flexibility index (Phi) is 7.80. The normalized spacial score (nSPS) is 20.3. The van der Waals surface area contributed by atoms with E-state index in [1.807, 2.05) is 48.7 Å². The molecule has 1 aromatic carbocycles. The van der Waals surface area contributed by atoms with E-state index in [-0.39, 0.29) is 5.92 Å². The van der Waals surface area contributed by atoms with Gasteiger partial charge in [-0.2, -0.15) is 0 Å². The Labute approximate surface area is 240 Å². The molecule has 0 saturated carbocycles. The maximum absolute atomic E-state index is 11.9. The van der Waals surface area contributed by atoms with Crippen LogP contribution in [0, 0.1) is 5.92 Å². The van der Waals surface area contributed by atoms with Gasteiger partial charge < -0.3 is 25.4 Å². The molecule has 6 rings (SSSR count). The molecule has 9 nitrogen and oxygen atoms in total. The number of nitrogens with two attached hydrogens (primary N) is 1. The van der Waals surface area contributed by atoms with Gasteiger partial charge in [-0.15, -0.1) is 0 Å². The van der Waals surface area contributed by atoms with Crippen LogP contribution in [0.15, 0.2) is 67.0 Å². The summed E-state index contributed by atoms with van der Waals surface area (Å²) in [4.78, 5) is 30.6. The number of benzene rings is 1. The molecular weight excluding hydrogens is 516 g/mol. The molecule has 2 atom stereocenters. The minimum absolute atomic E-state index is 0.158. The number of piperidine rings is 2. The van der Waals surface area contributed by atoms with Gasteiger partial charge in [-0.3, -0.25) is 9.78 Å². The number of aliphatic hydroxyl groups is 1. The molecule has 0 spiro atoms. The maximum atomic E-state index is 11.9. The highest BCUT2D eigenvalue weighted by Gasteiger charge is 2.31. The first-order valence-corrected chi connectivity index (χ1v) is 14.3. The lowest BCUT2D eigenvalue weighted by Gasteiger charge is -2.37. The van der Waals surface area contributed by atoms with Crippen LogP contribution < -0.4 is 15.4 Å². The summed E-state index contributed by atoms with van der Waals surface area (Å²) in [6, 6.07) is 17.1. The smallest absolute Gasteiger partial charge is 0.248 e. The lowest BCUT2D eigenvalue weighted by atomic mass is 9.84. The SMILES string of the molecule is CN1CCC(COc2cc3ncccc3c(-c3ccc(N4CC[C@@H](c5ccccc5C(N)=O)[C@H](O)C4)nc3)n2)CC1. The number of amides is 1. The van der Waals surface area contributed by atoms with E-state index in [0.29, 0.717) is 43.5 Å². The highest BCUT2D eigenvalue weighted by molar-refractivity contribution is 5.94. The first kappa shape index (κ1) is 27.1. The zero-order valence-corrected chi connectivity index (χ0v) is 23.3. The lowest BCUT2D eigenvalue weighted by Crippen LogP contribution is -2.43. The van der Waals surface area contributed by atoms with E-state index in [1.165, 1.54) is 0 Å². The molecule has 2 fully saturated rings. The highest BCUT2D eigenvalue weighted by atomic mass is 16.5. The zero-order chi connectivity index (χ0) is 28.3. The quantitative estimate of drug-likeness (QED) is 0.355. The molecule has 1 amide bonds. The Hall–Kier alpha value is -4.08. The molecule has 212 valence electrons. The fraction of sp³-hybridized carbons (Fsp3) is 0.375. The molecule has 3 N–H and O–H groups in total. The monoisotopic (exact) mass is 552 g/mol. The number of carbonyl (C=O) groups excluding carboxylic acids is 1. The van der Waals surface area contributed by atoms with Gasteiger partial charge >= 0.3 is 0 Å². The van der Waals surface area contributed by atoms with Crippen LogP contribution in [0.3, 0.4) is 0 Å². The molecular formula is C32H36N6O3. The van der Waals surface area contributed by atoms with E-state index in [1.54, 1.807) is 18.3 Å². The van der Waals surface area contributed by atoms with E-state index >= 15 is 0 Å². The Bertz CT molecular complexity index is 1520. The number of hydrogen-bond donors (Lipinski definition) is 2. The first-order valence-electron chi connectivity index (χ1n) is 14.3. The number of nitrogens with zero attached hydrogens (tertiary/aromatic N) is 5. The Morgan fingerprint density at radius 2 is 1.88 bits per heavy atom. The largest absolute Gasteiger partial charge is 0.477 e. The lowest BCUT2D eigenvalue weighted by molar-refractivity contribution is 0.0993. The van der Waals surface area contributed by atoms with Gasteiger partial charge in [0.25, 0.3) is 0 Å². The number of hydrogen-bond acceptors (Lipinski definition) is 8. The molecule has 0 unspecified atom stereocenters. The third-order valence-electron chi connectivity index (χ3n) is 8.43. The summed E-state index contributed by atoms with van der Waals surface area (Å²) in [5, 5.41) is 12.0. The van der Waals surface area contributed by atoms with E-state index in [0.717, 1.165) is 59.5 Å². The van der Waals surface area contributed by atoms with Crippen LogP contribution >= 0.6 is 0 Å². The van der Waals surface area contributed by atoms with Crippen LogP contribution in [0.4, 0.5) is 5.82 Å². The van der Waals surface area contributed by atoms with Crippen LogP contribution in [0.2, 0.25) is 0 Å². The van der Waals surface area contributed by atoms with E-state index in [4.69, 9.17) is 20.4 Å². The number of primary amides is 1. The second-order valence-electron chi connectivity index (χ2n) is 11.2. The molecule has 0 bridgehead atoms. The van der Waals surface area contributed by atoms with Gasteiger partial charge in [0.2, 0.25) is 11.8 Å². The summed E-state index contributed by atoms with van der Waals surface area (Å²) >= 11 is 0. The number of ether oxygens (including phenoxy) is 1. The summed E-state index contributed by atoms with van der Waals surface area (Å²) < 4.78 is 6.20. The molecule has 4 aromatic rings. The molecule has 41 heavy (non-hydrogen) atoms. The van der Waals surface area contributed by atoms with E-state index in [2.05, 4.69) is 21.8 Å². The van der Waals surface area contributed by atoms with Crippen LogP contribution in [0.25, 0.3) is 22.2 Å². The molecule has 0 radical (unpaired) electrons. The number of fused-ring (bicyclic) bond motifs is 1. The summed E-state index contributed by atoms with van der Waals surface area (Å²) in [5.74, 6) is 1.26. The summed E-state index contributed by atoms with van der Waals surface area (Å²) in [6.45, 7) is 3.96. The zero-order valence-electron chi connectivity index (χ0n) is 23.3. The van der Waals surface area contributed by atoms with Gasteiger partial charge in [-0.05, 0) is 81.2 Å². The van der Waals surface area contributed by atoms with Crippen molar-refractivity contribution in [2.45, 2.75) is 31.3 Å². The van der Waals surface area contributed by atoms with Gasteiger partial charge in [-0.25, -0.2) is 9.97 Å². The molecule has 3 aromatic heterocycles. The topological polar surface area (TPSA) is 118 Å². The van der Waals surface area contributed by atoms with Crippen molar-refractivity contribution >= 4 is 22.6 Å². The second kappa shape index (κ2) is 11.8. The number of anilines is 1. The van der Waals surface area contributed by atoms with Gasteiger partial charge in [0, 0.05) is 54.0 Å². The molecule has 5 heterocycles. The predicted octanol–water partition coefficient (Wildman–Crippen LogP) is 3.87. The molecule has 2 aliphatic heterocycles. The average Bonchev–Trinajstić information content (AvgIpc) is 3.00. The predicted molar refractivity (Wildman–Crippen MR) is 159 cm³/mol. The van der Waals surface area contributed by atoms with Gasteiger partial charge in [-0.1, -0.05) is 18.2 Å². The van der Waals surface area contributed by atoms with E-state index < -0.39 is 12.0 Å². The fourth-order valence-electron chi connectivity index (χ4n) is 6.04. The average molecular weight is 553 g/mol. The Morgan fingerprint density at radius 3 is 2.63 bits per heavy atom. The van der Waals surface area contributed by atoms with Gasteiger partial charge in [0.15, 0.2) is 0 Å². The standard InChI is InChI=1S/C32H36N6O3/c1-37-14-10-21(11-15-37)20-41-30-17-27-26(7-4-13-34-27)31(36-30)22-8-9-29(35-18-22)38-16-12-24(28(39)19-38)23-5-2-3-6-25(23)32(33)40/h2-9,13,17-18,21,24,28,39H,10-12,14-16,19-20H2,1H3,(H2,33,40)/t24-,28+/m0/s1. The number of aliphatic hydroxyl groups excluding tert-OH is 1. The molecule has 9 heteroatoms. The van der Waals surface area contributed by atoms with Crippen LogP contribution in [-0.2, 0) is 0 Å². The number of pyridine rings is 3. The van der Waals surface area contributed by atoms with Crippen molar-refractivity contribution < 1.29 is 14.6 Å². The maximum Gasteiger partial charge on any atom is 0.248 e. The van der Waals surface area contributed by atoms with Gasteiger partial charge in [0.05, 0.1) is 23.9 Å². The minimum Gasteiger partial charge on any atom is -0.477 e. The van der Waals surface area contributed by atoms with Crippen molar-refractivity contribution in [3.8, 4) is 17.1 Å². The van der Waals surface area contributed by atoms with Crippen LogP contribution in [0.5, 0.6) is 5.88 Å². The van der Waals surface area contributed by atoms with E-state index in [9.17, 15) is 9.90 Å². The number of carbonyl (C=O) groups is 1. The summed E-state index contributed by atoms with van der Waals surface area (Å²) in [7, 11) is 2.16. The number of β-amino-alcohol motifs (C(OH)–C–C–N with tert-alkyl or cyclic N) is 1. The number of aromatic nitrogens is 3. The second-order valence-corrected chi connectivity index (χ2v) is 11.2.